The van der Waals surface area contributed by atoms with Crippen molar-refractivity contribution in [3.05, 3.63) is 40.2 Å². The molecule has 0 aromatic carbocycles. The minimum absolute atomic E-state index is 0.109. The average Bonchev–Trinajstić information content (AvgIpc) is 3.10. The van der Waals surface area contributed by atoms with Gasteiger partial charge in [-0.05, 0) is 34.3 Å². The molecule has 108 valence electrons. The number of thioether (sulfide) groups is 1. The molecule has 0 aliphatic heterocycles. The first kappa shape index (κ1) is 14.7. The van der Waals surface area contributed by atoms with E-state index in [-0.39, 0.29) is 5.25 Å². The van der Waals surface area contributed by atoms with Crippen LogP contribution in [0.3, 0.4) is 0 Å². The normalized spacial score (nSPS) is 12.5. The largest absolute Gasteiger partial charge is 0.304 e. The predicted molar refractivity (Wildman–Crippen MR) is 88.3 cm³/mol. The van der Waals surface area contributed by atoms with E-state index in [0.717, 1.165) is 26.2 Å². The highest BCUT2D eigenvalue weighted by Gasteiger charge is 2.17. The molecular weight excluding hydrogens is 370 g/mol. The van der Waals surface area contributed by atoms with Crippen molar-refractivity contribution < 1.29 is 0 Å². The molecule has 0 spiro atoms. The molecule has 3 aromatic rings. The summed E-state index contributed by atoms with van der Waals surface area (Å²) in [6.07, 6.45) is 3.51. The van der Waals surface area contributed by atoms with E-state index in [4.69, 9.17) is 0 Å². The van der Waals surface area contributed by atoms with Gasteiger partial charge in [-0.25, -0.2) is 9.97 Å². The van der Waals surface area contributed by atoms with Crippen LogP contribution < -0.4 is 0 Å². The zero-order valence-corrected chi connectivity index (χ0v) is 14.6. The van der Waals surface area contributed by atoms with Gasteiger partial charge >= 0.3 is 0 Å². The molecular formula is C13H12BrN5S2. The molecule has 0 bridgehead atoms. The van der Waals surface area contributed by atoms with Crippen molar-refractivity contribution >= 4 is 39.0 Å². The van der Waals surface area contributed by atoms with E-state index in [1.807, 2.05) is 29.1 Å². The predicted octanol–water partition coefficient (Wildman–Crippen LogP) is 3.95. The van der Waals surface area contributed by atoms with Crippen molar-refractivity contribution in [2.24, 2.45) is 7.05 Å². The van der Waals surface area contributed by atoms with Crippen molar-refractivity contribution in [2.45, 2.75) is 17.3 Å². The molecule has 0 amide bonds. The van der Waals surface area contributed by atoms with E-state index in [0.29, 0.717) is 0 Å². The Morgan fingerprint density at radius 3 is 2.71 bits per heavy atom. The first-order valence-corrected chi connectivity index (χ1v) is 8.77. The lowest BCUT2D eigenvalue weighted by molar-refractivity contribution is 0.787. The minimum atomic E-state index is 0.109. The minimum Gasteiger partial charge on any atom is -0.304 e. The average molecular weight is 382 g/mol. The first-order valence-electron chi connectivity index (χ1n) is 6.22. The van der Waals surface area contributed by atoms with Gasteiger partial charge in [-0.3, -0.25) is 0 Å². The lowest BCUT2D eigenvalue weighted by Gasteiger charge is -2.09. The monoisotopic (exact) mass is 381 g/mol. The molecule has 1 atom stereocenters. The fraction of sp³-hybridized carbons (Fsp3) is 0.231. The van der Waals surface area contributed by atoms with Crippen molar-refractivity contribution in [1.82, 2.24) is 24.7 Å². The lowest BCUT2D eigenvalue weighted by atomic mass is 10.4. The molecule has 0 aliphatic carbocycles. The van der Waals surface area contributed by atoms with Crippen LogP contribution in [-0.2, 0) is 7.05 Å². The Morgan fingerprint density at radius 1 is 1.29 bits per heavy atom. The fourth-order valence-corrected chi connectivity index (χ4v) is 3.61. The van der Waals surface area contributed by atoms with E-state index in [1.54, 1.807) is 35.5 Å². The van der Waals surface area contributed by atoms with Gasteiger partial charge in [0.2, 0.25) is 0 Å². The van der Waals surface area contributed by atoms with Gasteiger partial charge in [-0.1, -0.05) is 17.8 Å². The van der Waals surface area contributed by atoms with Crippen molar-refractivity contribution in [2.75, 3.05) is 0 Å². The summed E-state index contributed by atoms with van der Waals surface area (Å²) in [5.41, 5.74) is 0. The quantitative estimate of drug-likeness (QED) is 0.640. The second kappa shape index (κ2) is 6.25. The Kier molecular flexibility index (Phi) is 4.37. The summed E-state index contributed by atoms with van der Waals surface area (Å²) in [5.74, 6) is 1.67. The number of rotatable bonds is 4. The zero-order chi connectivity index (χ0) is 14.8. The molecule has 21 heavy (non-hydrogen) atoms. The third kappa shape index (κ3) is 3.17. The lowest BCUT2D eigenvalue weighted by Crippen LogP contribution is -1.99. The number of hydrogen-bond acceptors (Lipinski definition) is 6. The molecule has 0 N–H and O–H groups in total. The van der Waals surface area contributed by atoms with E-state index < -0.39 is 0 Å². The maximum atomic E-state index is 4.33. The maximum absolute atomic E-state index is 4.33. The zero-order valence-electron chi connectivity index (χ0n) is 11.4. The third-order valence-electron chi connectivity index (χ3n) is 2.86. The van der Waals surface area contributed by atoms with E-state index in [2.05, 4.69) is 43.0 Å². The molecule has 0 fully saturated rings. The van der Waals surface area contributed by atoms with Gasteiger partial charge in [-0.15, -0.1) is 21.5 Å². The van der Waals surface area contributed by atoms with Crippen LogP contribution in [-0.4, -0.2) is 24.7 Å². The van der Waals surface area contributed by atoms with E-state index in [1.165, 1.54) is 0 Å². The Hall–Kier alpha value is -1.25. The first-order chi connectivity index (χ1) is 10.1. The highest BCUT2D eigenvalue weighted by Crippen LogP contribution is 2.33. The summed E-state index contributed by atoms with van der Waals surface area (Å²) in [6, 6.07) is 4.06. The van der Waals surface area contributed by atoms with Gasteiger partial charge in [0.25, 0.3) is 0 Å². The highest BCUT2D eigenvalue weighted by molar-refractivity contribution is 9.10. The molecule has 0 radical (unpaired) electrons. The molecule has 0 unspecified atom stereocenters. The number of aromatic nitrogens is 5. The summed E-state index contributed by atoms with van der Waals surface area (Å²) < 4.78 is 2.88. The second-order valence-electron chi connectivity index (χ2n) is 4.36. The molecule has 0 saturated heterocycles. The van der Waals surface area contributed by atoms with E-state index >= 15 is 0 Å². The van der Waals surface area contributed by atoms with Crippen LogP contribution in [0, 0.1) is 0 Å². The van der Waals surface area contributed by atoms with Gasteiger partial charge in [-0.2, -0.15) is 0 Å². The van der Waals surface area contributed by atoms with Crippen molar-refractivity contribution in [3.63, 3.8) is 0 Å². The number of thiophene rings is 1. The van der Waals surface area contributed by atoms with E-state index in [9.17, 15) is 0 Å². The fourth-order valence-electron chi connectivity index (χ4n) is 1.78. The molecule has 3 aromatic heterocycles. The van der Waals surface area contributed by atoms with Crippen LogP contribution in [0.2, 0.25) is 0 Å². The van der Waals surface area contributed by atoms with Crippen LogP contribution >= 0.6 is 39.0 Å². The van der Waals surface area contributed by atoms with Crippen LogP contribution in [0.4, 0.5) is 0 Å². The summed E-state index contributed by atoms with van der Waals surface area (Å²) in [7, 11) is 1.98. The van der Waals surface area contributed by atoms with Crippen LogP contribution in [0.25, 0.3) is 10.7 Å². The summed E-state index contributed by atoms with van der Waals surface area (Å²) in [4.78, 5) is 9.77. The van der Waals surface area contributed by atoms with Gasteiger partial charge in [0.15, 0.2) is 11.0 Å². The summed E-state index contributed by atoms with van der Waals surface area (Å²) in [5, 5.41) is 11.5. The van der Waals surface area contributed by atoms with Crippen LogP contribution in [0.15, 0.2) is 39.5 Å². The number of halogens is 1. The SMILES string of the molecule is C[C@H](Sc1nnc(-c2cccs2)n1C)c1ncc(Br)cn1. The van der Waals surface area contributed by atoms with Crippen LogP contribution in [0.1, 0.15) is 18.0 Å². The Morgan fingerprint density at radius 2 is 2.05 bits per heavy atom. The summed E-state index contributed by atoms with van der Waals surface area (Å²) >= 11 is 6.60. The molecule has 0 saturated carbocycles. The Balaban J connectivity index is 1.81. The topological polar surface area (TPSA) is 56.5 Å². The molecule has 3 rings (SSSR count). The van der Waals surface area contributed by atoms with Gasteiger partial charge < -0.3 is 4.57 Å². The molecule has 8 heteroatoms. The van der Waals surface area contributed by atoms with Crippen molar-refractivity contribution in [1.29, 1.82) is 0 Å². The number of nitrogens with zero attached hydrogens (tertiary/aromatic N) is 5. The molecule has 3 heterocycles. The Labute approximate surface area is 139 Å². The van der Waals surface area contributed by atoms with Crippen molar-refractivity contribution in [3.8, 4) is 10.7 Å². The van der Waals surface area contributed by atoms with Gasteiger partial charge in [0.1, 0.15) is 5.82 Å². The summed E-state index contributed by atoms with van der Waals surface area (Å²) in [6.45, 7) is 2.06. The maximum Gasteiger partial charge on any atom is 0.191 e. The van der Waals surface area contributed by atoms with Gasteiger partial charge in [0, 0.05) is 19.4 Å². The van der Waals surface area contributed by atoms with Crippen LogP contribution in [0.5, 0.6) is 0 Å². The number of hydrogen-bond donors (Lipinski definition) is 0. The second-order valence-corrected chi connectivity index (χ2v) is 7.53. The molecule has 5 nitrogen and oxygen atoms in total. The standard InChI is InChI=1S/C13H12BrN5S2/c1-8(11-15-6-9(14)7-16-11)21-13-18-17-12(19(13)2)10-4-3-5-20-10/h3-8H,1-2H3/t8-/m0/s1. The Bertz CT molecular complexity index is 724. The third-order valence-corrected chi connectivity index (χ3v) is 5.27. The highest BCUT2D eigenvalue weighted by atomic mass is 79.9. The smallest absolute Gasteiger partial charge is 0.191 e. The molecule has 0 aliphatic rings. The van der Waals surface area contributed by atoms with Gasteiger partial charge in [0.05, 0.1) is 14.6 Å².